The maximum Gasteiger partial charge on any atom is 0.0433 e. The molecule has 1 aliphatic rings. The molecule has 1 aliphatic carbocycles. The zero-order valence-corrected chi connectivity index (χ0v) is 39.3. The van der Waals surface area contributed by atoms with Crippen LogP contribution in [0.2, 0.25) is 0 Å². The van der Waals surface area contributed by atoms with E-state index < -0.39 is 0 Å². The van der Waals surface area contributed by atoms with Crippen LogP contribution in [-0.4, -0.2) is 4.90 Å². The van der Waals surface area contributed by atoms with Crippen molar-refractivity contribution in [3.05, 3.63) is 306 Å². The first-order valence-corrected chi connectivity index (χ1v) is 24.4. The standard InChI is InChI=1S/C66H59N3/c1-7-22-52(23-8-1)46-67(47-53-24-9-2-10-25-53)64-37-19-34-58(43-64)61-40-62(59-35-20-38-65(44-59)68(48-54-26-11-3-12-27-54)49-55-28-13-4-14-29-55)42-63(41-61)60-36-21-39-66(45-60)69(50-56-30-15-5-16-31-56)51-57-32-17-6-18-33-57/h1-20,22-38,40-45H,21,39,46-51H2. The predicted molar refractivity (Wildman–Crippen MR) is 290 cm³/mol. The molecule has 0 saturated heterocycles. The molecule has 69 heavy (non-hydrogen) atoms. The first-order valence-electron chi connectivity index (χ1n) is 24.4. The molecule has 0 bridgehead atoms. The van der Waals surface area contributed by atoms with Gasteiger partial charge in [-0.25, -0.2) is 0 Å². The molecule has 0 spiro atoms. The van der Waals surface area contributed by atoms with E-state index in [4.69, 9.17) is 0 Å². The van der Waals surface area contributed by atoms with Gasteiger partial charge >= 0.3 is 0 Å². The zero-order valence-electron chi connectivity index (χ0n) is 39.3. The van der Waals surface area contributed by atoms with Crippen LogP contribution in [0.15, 0.2) is 267 Å². The van der Waals surface area contributed by atoms with Gasteiger partial charge in [0.05, 0.1) is 0 Å². The Hall–Kier alpha value is -8.14. The Morgan fingerprint density at radius 1 is 0.275 bits per heavy atom. The van der Waals surface area contributed by atoms with Gasteiger partial charge in [0.15, 0.2) is 0 Å². The molecule has 0 atom stereocenters. The summed E-state index contributed by atoms with van der Waals surface area (Å²) >= 11 is 0. The van der Waals surface area contributed by atoms with Crippen LogP contribution in [0.4, 0.5) is 11.4 Å². The van der Waals surface area contributed by atoms with E-state index >= 15 is 0 Å². The molecule has 3 nitrogen and oxygen atoms in total. The first-order chi connectivity index (χ1) is 34.1. The molecule has 0 amide bonds. The van der Waals surface area contributed by atoms with Crippen LogP contribution in [0.25, 0.3) is 27.8 Å². The van der Waals surface area contributed by atoms with Gasteiger partial charge in [-0.3, -0.25) is 0 Å². The van der Waals surface area contributed by atoms with Crippen LogP contribution in [0, 0.1) is 0 Å². The van der Waals surface area contributed by atoms with Crippen molar-refractivity contribution in [3.8, 4) is 22.3 Å². The molecule has 9 aromatic carbocycles. The fourth-order valence-corrected chi connectivity index (χ4v) is 9.59. The molecule has 338 valence electrons. The molecule has 0 heterocycles. The molecular weight excluding hydrogens is 835 g/mol. The summed E-state index contributed by atoms with van der Waals surface area (Å²) in [5.41, 5.74) is 18.8. The maximum absolute atomic E-state index is 2.58. The molecule has 3 heteroatoms. The highest BCUT2D eigenvalue weighted by Gasteiger charge is 2.19. The summed E-state index contributed by atoms with van der Waals surface area (Å²) < 4.78 is 0. The lowest BCUT2D eigenvalue weighted by molar-refractivity contribution is 0.316. The van der Waals surface area contributed by atoms with Crippen molar-refractivity contribution in [2.45, 2.75) is 52.1 Å². The van der Waals surface area contributed by atoms with Gasteiger partial charge in [0.2, 0.25) is 0 Å². The molecule has 0 radical (unpaired) electrons. The largest absolute Gasteiger partial charge is 0.366 e. The van der Waals surface area contributed by atoms with E-state index in [1.54, 1.807) is 0 Å². The average molecular weight is 894 g/mol. The highest BCUT2D eigenvalue weighted by molar-refractivity contribution is 5.85. The van der Waals surface area contributed by atoms with E-state index in [2.05, 4.69) is 276 Å². The number of anilines is 2. The lowest BCUT2D eigenvalue weighted by Crippen LogP contribution is -2.23. The normalized spacial score (nSPS) is 12.2. The molecule has 0 fully saturated rings. The third-order valence-corrected chi connectivity index (χ3v) is 13.1. The Morgan fingerprint density at radius 3 is 0.942 bits per heavy atom. The third kappa shape index (κ3) is 11.9. The zero-order chi connectivity index (χ0) is 46.5. The van der Waals surface area contributed by atoms with E-state index in [-0.39, 0.29) is 0 Å². The molecular formula is C66H59N3. The summed E-state index contributed by atoms with van der Waals surface area (Å²) in [5.74, 6) is 0. The Balaban J connectivity index is 1.06. The van der Waals surface area contributed by atoms with Crippen molar-refractivity contribution < 1.29 is 0 Å². The number of benzene rings is 9. The van der Waals surface area contributed by atoms with Gasteiger partial charge in [0.1, 0.15) is 0 Å². The van der Waals surface area contributed by atoms with Crippen LogP contribution in [0.5, 0.6) is 0 Å². The van der Waals surface area contributed by atoms with Gasteiger partial charge in [-0.15, -0.1) is 0 Å². The van der Waals surface area contributed by atoms with E-state index in [0.29, 0.717) is 0 Å². The highest BCUT2D eigenvalue weighted by Crippen LogP contribution is 2.37. The van der Waals surface area contributed by atoms with Crippen molar-refractivity contribution >= 4 is 16.9 Å². The topological polar surface area (TPSA) is 9.72 Å². The summed E-state index contributed by atoms with van der Waals surface area (Å²) in [6.45, 7) is 4.94. The van der Waals surface area contributed by atoms with Crippen molar-refractivity contribution in [2.24, 2.45) is 0 Å². The Morgan fingerprint density at radius 2 is 0.594 bits per heavy atom. The Bertz CT molecular complexity index is 2820. The lowest BCUT2D eigenvalue weighted by Gasteiger charge is -2.30. The maximum atomic E-state index is 2.58. The van der Waals surface area contributed by atoms with Crippen LogP contribution in [0.3, 0.4) is 0 Å². The average Bonchev–Trinajstić information content (AvgIpc) is 3.42. The third-order valence-electron chi connectivity index (χ3n) is 13.1. The second kappa shape index (κ2) is 22.1. The van der Waals surface area contributed by atoms with Gasteiger partial charge in [0, 0.05) is 56.3 Å². The SMILES string of the molecule is C1=C(c2cc(-c3cccc(N(Cc4ccccc4)Cc4ccccc4)c3)cc(-c3cccc(N(Cc4ccccc4)Cc4ccccc4)c3)c2)C=C(N(Cc2ccccc2)Cc2ccccc2)CC1. The molecule has 0 aliphatic heterocycles. The smallest absolute Gasteiger partial charge is 0.0433 e. The fourth-order valence-electron chi connectivity index (χ4n) is 9.59. The number of nitrogens with zero attached hydrogens (tertiary/aromatic N) is 3. The van der Waals surface area contributed by atoms with Crippen molar-refractivity contribution in [1.82, 2.24) is 4.90 Å². The van der Waals surface area contributed by atoms with E-state index in [0.717, 1.165) is 52.1 Å². The minimum Gasteiger partial charge on any atom is -0.366 e. The summed E-state index contributed by atoms with van der Waals surface area (Å²) in [6, 6.07) is 90.7. The second-order valence-corrected chi connectivity index (χ2v) is 18.2. The minimum atomic E-state index is 0.808. The predicted octanol–water partition coefficient (Wildman–Crippen LogP) is 16.2. The molecule has 0 aromatic heterocycles. The number of hydrogen-bond acceptors (Lipinski definition) is 3. The molecule has 0 N–H and O–H groups in total. The second-order valence-electron chi connectivity index (χ2n) is 18.2. The minimum absolute atomic E-state index is 0.808. The molecule has 10 rings (SSSR count). The molecule has 0 unspecified atom stereocenters. The van der Waals surface area contributed by atoms with Gasteiger partial charge < -0.3 is 14.7 Å². The van der Waals surface area contributed by atoms with Crippen LogP contribution < -0.4 is 9.80 Å². The van der Waals surface area contributed by atoms with E-state index in [1.165, 1.54) is 83.8 Å². The van der Waals surface area contributed by atoms with E-state index in [1.807, 2.05) is 0 Å². The van der Waals surface area contributed by atoms with Crippen molar-refractivity contribution in [1.29, 1.82) is 0 Å². The number of hydrogen-bond donors (Lipinski definition) is 0. The summed E-state index contributed by atoms with van der Waals surface area (Å²) in [7, 11) is 0. The highest BCUT2D eigenvalue weighted by atomic mass is 15.1. The monoisotopic (exact) mass is 893 g/mol. The van der Waals surface area contributed by atoms with Crippen LogP contribution >= 0.6 is 0 Å². The Kier molecular flexibility index (Phi) is 14.3. The van der Waals surface area contributed by atoms with Gasteiger partial charge in [-0.05, 0) is 128 Å². The van der Waals surface area contributed by atoms with Crippen molar-refractivity contribution in [3.63, 3.8) is 0 Å². The molecule has 0 saturated carbocycles. The number of rotatable bonds is 18. The van der Waals surface area contributed by atoms with Crippen molar-refractivity contribution in [2.75, 3.05) is 9.80 Å². The lowest BCUT2D eigenvalue weighted by atomic mass is 9.90. The summed E-state index contributed by atoms with van der Waals surface area (Å²) in [6.07, 6.45) is 6.89. The number of allylic oxidation sites excluding steroid dienone is 4. The van der Waals surface area contributed by atoms with Gasteiger partial charge in [-0.1, -0.05) is 212 Å². The van der Waals surface area contributed by atoms with Crippen LogP contribution in [0.1, 0.15) is 51.8 Å². The molecule has 9 aromatic rings. The fraction of sp³-hybridized carbons (Fsp3) is 0.121. The summed E-state index contributed by atoms with van der Waals surface area (Å²) in [4.78, 5) is 7.59. The van der Waals surface area contributed by atoms with E-state index in [9.17, 15) is 0 Å². The Labute approximate surface area is 409 Å². The van der Waals surface area contributed by atoms with Crippen LogP contribution in [-0.2, 0) is 39.3 Å². The van der Waals surface area contributed by atoms with Gasteiger partial charge in [0.25, 0.3) is 0 Å². The quantitative estimate of drug-likeness (QED) is 0.0850. The summed E-state index contributed by atoms with van der Waals surface area (Å²) in [5, 5.41) is 0. The van der Waals surface area contributed by atoms with Gasteiger partial charge in [-0.2, -0.15) is 0 Å². The first kappa shape index (κ1) is 44.7.